The maximum Gasteiger partial charge on any atom is 0.322 e. The van der Waals surface area contributed by atoms with Crippen LogP contribution in [0.4, 0.5) is 5.69 Å². The lowest BCUT2D eigenvalue weighted by Gasteiger charge is -2.15. The summed E-state index contributed by atoms with van der Waals surface area (Å²) >= 11 is 0. The van der Waals surface area contributed by atoms with Gasteiger partial charge in [-0.25, -0.2) is 5.43 Å². The van der Waals surface area contributed by atoms with Crippen molar-refractivity contribution in [1.29, 1.82) is 5.26 Å². The molecule has 0 saturated heterocycles. The number of carbonyl (C=O) groups excluding carboxylic acids is 1. The van der Waals surface area contributed by atoms with Gasteiger partial charge in [-0.3, -0.25) is 9.59 Å². The number of nitriles is 1. The van der Waals surface area contributed by atoms with Crippen LogP contribution in [0.5, 0.6) is 0 Å². The molecular weight excluding hydrogens is 248 g/mol. The first-order chi connectivity index (χ1) is 9.02. The molecule has 5 N–H and O–H groups in total. The van der Waals surface area contributed by atoms with Crippen LogP contribution < -0.4 is 16.6 Å². The predicted octanol–water partition coefficient (Wildman–Crippen LogP) is 0.193. The standard InChI is InChI=1S/C12H14N4O3/c13-7-8-2-1-3-9(6-8)15-16-10(12(18)19)4-5-11(14)17/h1-3,6,10,15-16H,4-5H2,(H2,14,17)(H,18,19)/t10-/m0/s1. The van der Waals surface area contributed by atoms with E-state index in [2.05, 4.69) is 10.9 Å². The Morgan fingerprint density at radius 2 is 2.21 bits per heavy atom. The molecule has 0 aliphatic rings. The van der Waals surface area contributed by atoms with Crippen LogP contribution in [0, 0.1) is 11.3 Å². The molecule has 0 radical (unpaired) electrons. The number of carboxylic acid groups (broad SMARTS) is 1. The summed E-state index contributed by atoms with van der Waals surface area (Å²) in [5.74, 6) is -1.65. The van der Waals surface area contributed by atoms with Gasteiger partial charge in [0.15, 0.2) is 0 Å². The minimum absolute atomic E-state index is 0.0239. The van der Waals surface area contributed by atoms with Crippen LogP contribution in [0.3, 0.4) is 0 Å². The van der Waals surface area contributed by atoms with Gasteiger partial charge in [0.05, 0.1) is 17.3 Å². The molecule has 1 atom stereocenters. The molecule has 0 aliphatic carbocycles. The molecule has 1 amide bonds. The maximum absolute atomic E-state index is 10.9. The van der Waals surface area contributed by atoms with Gasteiger partial charge >= 0.3 is 5.97 Å². The Balaban J connectivity index is 2.58. The van der Waals surface area contributed by atoms with Crippen LogP contribution in [-0.4, -0.2) is 23.0 Å². The molecule has 1 aromatic rings. The Kier molecular flexibility index (Phi) is 5.32. The number of carboxylic acids is 1. The molecule has 100 valence electrons. The molecule has 0 spiro atoms. The third-order valence-electron chi connectivity index (χ3n) is 2.36. The van der Waals surface area contributed by atoms with Gasteiger partial charge in [0.1, 0.15) is 6.04 Å². The number of hydrogen-bond acceptors (Lipinski definition) is 5. The quantitative estimate of drug-likeness (QED) is 0.519. The zero-order valence-electron chi connectivity index (χ0n) is 10.1. The van der Waals surface area contributed by atoms with Crippen LogP contribution >= 0.6 is 0 Å². The molecule has 7 nitrogen and oxygen atoms in total. The van der Waals surface area contributed by atoms with Crippen molar-refractivity contribution in [2.45, 2.75) is 18.9 Å². The number of carbonyl (C=O) groups is 2. The van der Waals surface area contributed by atoms with Crippen LogP contribution in [-0.2, 0) is 9.59 Å². The van der Waals surface area contributed by atoms with Gasteiger partial charge in [0.2, 0.25) is 5.91 Å². The van der Waals surface area contributed by atoms with E-state index in [9.17, 15) is 9.59 Å². The first-order valence-corrected chi connectivity index (χ1v) is 5.55. The van der Waals surface area contributed by atoms with Crippen molar-refractivity contribution in [2.24, 2.45) is 5.73 Å². The molecule has 7 heteroatoms. The van der Waals surface area contributed by atoms with Gasteiger partial charge in [-0.05, 0) is 24.6 Å². The van der Waals surface area contributed by atoms with E-state index in [1.54, 1.807) is 24.3 Å². The number of amides is 1. The predicted molar refractivity (Wildman–Crippen MR) is 67.8 cm³/mol. The lowest BCUT2D eigenvalue weighted by Crippen LogP contribution is -2.41. The highest BCUT2D eigenvalue weighted by atomic mass is 16.4. The van der Waals surface area contributed by atoms with Gasteiger partial charge in [-0.1, -0.05) is 6.07 Å². The molecule has 0 unspecified atom stereocenters. The average Bonchev–Trinajstić information content (AvgIpc) is 2.38. The smallest absolute Gasteiger partial charge is 0.322 e. The number of nitrogens with two attached hydrogens (primary N) is 1. The van der Waals surface area contributed by atoms with Crippen molar-refractivity contribution in [1.82, 2.24) is 5.43 Å². The lowest BCUT2D eigenvalue weighted by atomic mass is 10.1. The Morgan fingerprint density at radius 1 is 1.47 bits per heavy atom. The van der Waals surface area contributed by atoms with E-state index in [1.165, 1.54) is 0 Å². The molecule has 0 aromatic heterocycles. The van der Waals surface area contributed by atoms with Gasteiger partial charge in [-0.2, -0.15) is 5.26 Å². The molecule has 0 fully saturated rings. The van der Waals surface area contributed by atoms with Crippen molar-refractivity contribution < 1.29 is 14.7 Å². The van der Waals surface area contributed by atoms with E-state index in [-0.39, 0.29) is 12.8 Å². The van der Waals surface area contributed by atoms with Crippen molar-refractivity contribution in [3.8, 4) is 6.07 Å². The largest absolute Gasteiger partial charge is 0.480 e. The Morgan fingerprint density at radius 3 is 2.79 bits per heavy atom. The first kappa shape index (κ1) is 14.5. The van der Waals surface area contributed by atoms with E-state index < -0.39 is 17.9 Å². The fourth-order valence-corrected chi connectivity index (χ4v) is 1.38. The normalized spacial score (nSPS) is 11.3. The number of hydrogen-bond donors (Lipinski definition) is 4. The van der Waals surface area contributed by atoms with E-state index >= 15 is 0 Å². The number of nitrogens with one attached hydrogen (secondary N) is 2. The van der Waals surface area contributed by atoms with Crippen LogP contribution in [0.2, 0.25) is 0 Å². The molecule has 19 heavy (non-hydrogen) atoms. The first-order valence-electron chi connectivity index (χ1n) is 5.55. The summed E-state index contributed by atoms with van der Waals surface area (Å²) in [7, 11) is 0. The summed E-state index contributed by atoms with van der Waals surface area (Å²) in [6.45, 7) is 0. The third-order valence-corrected chi connectivity index (χ3v) is 2.36. The summed E-state index contributed by atoms with van der Waals surface area (Å²) in [5.41, 5.74) is 11.2. The van der Waals surface area contributed by atoms with E-state index in [4.69, 9.17) is 16.1 Å². The Labute approximate surface area is 110 Å². The second kappa shape index (κ2) is 6.98. The molecule has 1 rings (SSSR count). The number of benzene rings is 1. The average molecular weight is 262 g/mol. The molecule has 1 aromatic carbocycles. The van der Waals surface area contributed by atoms with Crippen molar-refractivity contribution in [2.75, 3.05) is 5.43 Å². The fraction of sp³-hybridized carbons (Fsp3) is 0.250. The summed E-state index contributed by atoms with van der Waals surface area (Å²) in [6.07, 6.45) is 0.0550. The van der Waals surface area contributed by atoms with E-state index in [0.29, 0.717) is 11.3 Å². The van der Waals surface area contributed by atoms with Gasteiger partial charge in [0.25, 0.3) is 0 Å². The zero-order valence-corrected chi connectivity index (χ0v) is 10.1. The molecular formula is C12H14N4O3. The third kappa shape index (κ3) is 5.06. The second-order valence-electron chi connectivity index (χ2n) is 3.86. The lowest BCUT2D eigenvalue weighted by molar-refractivity contribution is -0.139. The van der Waals surface area contributed by atoms with Gasteiger partial charge < -0.3 is 16.3 Å². The van der Waals surface area contributed by atoms with E-state index in [0.717, 1.165) is 0 Å². The minimum Gasteiger partial charge on any atom is -0.480 e. The molecule has 0 heterocycles. The second-order valence-corrected chi connectivity index (χ2v) is 3.86. The SMILES string of the molecule is N#Cc1cccc(NN[C@@H](CCC(N)=O)C(=O)O)c1. The maximum atomic E-state index is 10.9. The van der Waals surface area contributed by atoms with Crippen molar-refractivity contribution in [3.63, 3.8) is 0 Å². The van der Waals surface area contributed by atoms with Crippen molar-refractivity contribution >= 4 is 17.6 Å². The summed E-state index contributed by atoms with van der Waals surface area (Å²) < 4.78 is 0. The van der Waals surface area contributed by atoms with Crippen molar-refractivity contribution in [3.05, 3.63) is 29.8 Å². The van der Waals surface area contributed by atoms with Gasteiger partial charge in [0, 0.05) is 6.42 Å². The number of rotatable bonds is 7. The summed E-state index contributed by atoms with van der Waals surface area (Å²) in [5, 5.41) is 17.7. The molecule has 0 bridgehead atoms. The van der Waals surface area contributed by atoms with Crippen LogP contribution in [0.15, 0.2) is 24.3 Å². The Bertz CT molecular complexity index is 510. The number of primary amides is 1. The summed E-state index contributed by atoms with van der Waals surface area (Å²) in [6, 6.07) is 7.58. The highest BCUT2D eigenvalue weighted by Gasteiger charge is 2.17. The monoisotopic (exact) mass is 262 g/mol. The van der Waals surface area contributed by atoms with Crippen LogP contribution in [0.1, 0.15) is 18.4 Å². The number of anilines is 1. The van der Waals surface area contributed by atoms with Gasteiger partial charge in [-0.15, -0.1) is 0 Å². The highest BCUT2D eigenvalue weighted by molar-refractivity contribution is 5.77. The number of nitrogens with zero attached hydrogens (tertiary/aromatic N) is 1. The highest BCUT2D eigenvalue weighted by Crippen LogP contribution is 2.09. The van der Waals surface area contributed by atoms with Crippen LogP contribution in [0.25, 0.3) is 0 Å². The minimum atomic E-state index is -1.09. The molecule has 0 saturated carbocycles. The topological polar surface area (TPSA) is 128 Å². The number of aliphatic carboxylic acids is 1. The molecule has 0 aliphatic heterocycles. The van der Waals surface area contributed by atoms with E-state index in [1.807, 2.05) is 6.07 Å². The summed E-state index contributed by atoms with van der Waals surface area (Å²) in [4.78, 5) is 21.6. The Hall–Kier alpha value is -2.59. The number of hydrazine groups is 1. The zero-order chi connectivity index (χ0) is 14.3. The fourth-order valence-electron chi connectivity index (χ4n) is 1.38.